The average Bonchev–Trinajstić information content (AvgIpc) is 3.75. The minimum absolute atomic E-state index is 0.0235. The van der Waals surface area contributed by atoms with Gasteiger partial charge in [-0.15, -0.1) is 0 Å². The van der Waals surface area contributed by atoms with E-state index in [0.29, 0.717) is 73.8 Å². The lowest BCUT2D eigenvalue weighted by Crippen LogP contribution is -2.58. The summed E-state index contributed by atoms with van der Waals surface area (Å²) < 4.78 is 10.8. The number of carbonyl (C=O) groups is 8. The van der Waals surface area contributed by atoms with Gasteiger partial charge in [-0.2, -0.15) is 0 Å². The fraction of sp³-hybridized carbons (Fsp3) is 0.615. The zero-order valence-corrected chi connectivity index (χ0v) is 42.5. The highest BCUT2D eigenvalue weighted by atomic mass is 16.6. The van der Waals surface area contributed by atoms with Crippen LogP contribution in [0.25, 0.3) is 0 Å². The Labute approximate surface area is 403 Å². The molecule has 16 heteroatoms. The van der Waals surface area contributed by atoms with Gasteiger partial charge < -0.3 is 41.0 Å². The normalized spacial score (nSPS) is 17.3. The van der Waals surface area contributed by atoms with Gasteiger partial charge in [0, 0.05) is 41.4 Å². The molecule has 0 spiro atoms. The number of hydrogen-bond donors (Lipinski definition) is 5. The average molecular weight is 947 g/mol. The highest BCUT2D eigenvalue weighted by Crippen LogP contribution is 2.27. The minimum Gasteiger partial charge on any atom is -0.450 e. The molecular formula is C52H78N6O10. The van der Waals surface area contributed by atoms with Crippen molar-refractivity contribution in [2.45, 2.75) is 170 Å². The van der Waals surface area contributed by atoms with Crippen molar-refractivity contribution in [2.24, 2.45) is 17.8 Å². The van der Waals surface area contributed by atoms with Crippen LogP contribution in [0.15, 0.2) is 64.8 Å². The van der Waals surface area contributed by atoms with Crippen molar-refractivity contribution >= 4 is 47.4 Å². The Morgan fingerprint density at radius 1 is 0.794 bits per heavy atom. The molecule has 0 unspecified atom stereocenters. The smallest absolute Gasteiger partial charge is 0.408 e. The zero-order chi connectivity index (χ0) is 50.9. The molecule has 68 heavy (non-hydrogen) atoms. The summed E-state index contributed by atoms with van der Waals surface area (Å²) in [6.45, 7) is 22.0. The van der Waals surface area contributed by atoms with Gasteiger partial charge in [-0.05, 0) is 124 Å². The second kappa shape index (κ2) is 26.7. The molecule has 2 aliphatic rings. The summed E-state index contributed by atoms with van der Waals surface area (Å²) in [5.74, 6) is -2.87. The van der Waals surface area contributed by atoms with Gasteiger partial charge in [-0.1, -0.05) is 70.2 Å². The number of ether oxygens (including phenoxy) is 2. The van der Waals surface area contributed by atoms with E-state index >= 15 is 0 Å². The van der Waals surface area contributed by atoms with E-state index in [0.717, 1.165) is 5.56 Å². The van der Waals surface area contributed by atoms with Gasteiger partial charge in [-0.25, -0.2) is 9.59 Å². The number of rotatable bonds is 23. The van der Waals surface area contributed by atoms with Crippen LogP contribution in [-0.2, 0) is 44.7 Å². The molecule has 16 nitrogen and oxygen atoms in total. The maximum absolute atomic E-state index is 14.5. The number of hydrogen-bond acceptors (Lipinski definition) is 10. The first kappa shape index (κ1) is 56.5. The first-order valence-corrected chi connectivity index (χ1v) is 24.2. The third-order valence-electron chi connectivity index (χ3n) is 11.8. The van der Waals surface area contributed by atoms with Crippen LogP contribution in [0.1, 0.15) is 134 Å². The van der Waals surface area contributed by atoms with Crippen molar-refractivity contribution in [2.75, 3.05) is 19.7 Å². The van der Waals surface area contributed by atoms with Crippen molar-refractivity contribution in [3.63, 3.8) is 0 Å². The molecule has 5 N–H and O–H groups in total. The Bertz CT molecular complexity index is 2050. The summed E-state index contributed by atoms with van der Waals surface area (Å²) in [7, 11) is 0. The SMILES string of the molecule is CC1=C(C)C(=O)C(CCCOC(=O)NCCC[C@H](NC(=O)[C@@H](NC(=O)[C@@H]2CCCN2C(=O)[C@H](/C=C/[C@H](CC(C)C)NC(=O)OC(C)(C)C)Cc2ccccc2)C(C)C)C(=O)NC(C)C)=C(C)C1=O. The third-order valence-corrected chi connectivity index (χ3v) is 11.8. The van der Waals surface area contributed by atoms with E-state index in [4.69, 9.17) is 9.47 Å². The number of allylic oxidation sites excluding steroid dienone is 4. The van der Waals surface area contributed by atoms with E-state index in [1.807, 2.05) is 56.3 Å². The van der Waals surface area contributed by atoms with E-state index in [1.165, 1.54) is 0 Å². The third kappa shape index (κ3) is 18.0. The lowest BCUT2D eigenvalue weighted by Gasteiger charge is -2.30. The van der Waals surface area contributed by atoms with Gasteiger partial charge in [0.25, 0.3) is 0 Å². The highest BCUT2D eigenvalue weighted by molar-refractivity contribution is 6.24. The largest absolute Gasteiger partial charge is 0.450 e. The van der Waals surface area contributed by atoms with Crippen LogP contribution in [0.5, 0.6) is 0 Å². The fourth-order valence-electron chi connectivity index (χ4n) is 8.16. The molecule has 5 atom stereocenters. The van der Waals surface area contributed by atoms with E-state index in [9.17, 15) is 38.4 Å². The molecule has 1 aromatic carbocycles. The number of benzene rings is 1. The molecule has 1 aliphatic heterocycles. The Kier molecular flexibility index (Phi) is 22.2. The van der Waals surface area contributed by atoms with Gasteiger partial charge >= 0.3 is 12.2 Å². The Morgan fingerprint density at radius 3 is 2.07 bits per heavy atom. The van der Waals surface area contributed by atoms with Crippen molar-refractivity contribution in [1.29, 1.82) is 0 Å². The van der Waals surface area contributed by atoms with Crippen molar-refractivity contribution in [3.8, 4) is 0 Å². The van der Waals surface area contributed by atoms with Crippen LogP contribution in [-0.4, -0.2) is 108 Å². The summed E-state index contributed by atoms with van der Waals surface area (Å²) in [5, 5.41) is 14.1. The Balaban J connectivity index is 1.67. The number of nitrogens with one attached hydrogen (secondary N) is 5. The van der Waals surface area contributed by atoms with Crippen LogP contribution >= 0.6 is 0 Å². The molecule has 0 radical (unpaired) electrons. The number of amides is 6. The molecule has 0 bridgehead atoms. The summed E-state index contributed by atoms with van der Waals surface area (Å²) in [6.07, 6.45) is 5.44. The van der Waals surface area contributed by atoms with Crippen LogP contribution in [0, 0.1) is 17.8 Å². The first-order valence-electron chi connectivity index (χ1n) is 24.2. The van der Waals surface area contributed by atoms with Crippen LogP contribution in [0.4, 0.5) is 9.59 Å². The molecule has 0 aromatic heterocycles. The Hall–Kier alpha value is -5.80. The summed E-state index contributed by atoms with van der Waals surface area (Å²) >= 11 is 0. The summed E-state index contributed by atoms with van der Waals surface area (Å²) in [4.78, 5) is 108. The number of ketones is 2. The summed E-state index contributed by atoms with van der Waals surface area (Å²) in [5.41, 5.74) is 1.96. The number of carbonyl (C=O) groups excluding carboxylic acids is 8. The molecule has 6 amide bonds. The second-order valence-electron chi connectivity index (χ2n) is 20.0. The van der Waals surface area contributed by atoms with Gasteiger partial charge in [0.1, 0.15) is 23.7 Å². The molecule has 1 heterocycles. The quantitative estimate of drug-likeness (QED) is 0.0451. The van der Waals surface area contributed by atoms with Gasteiger partial charge in [-0.3, -0.25) is 28.8 Å². The monoisotopic (exact) mass is 947 g/mol. The molecular weight excluding hydrogens is 869 g/mol. The number of likely N-dealkylation sites (tertiary alicyclic amines) is 1. The first-order chi connectivity index (χ1) is 31.9. The lowest BCUT2D eigenvalue weighted by molar-refractivity contribution is -0.141. The van der Waals surface area contributed by atoms with Crippen molar-refractivity contribution in [3.05, 3.63) is 70.3 Å². The lowest BCUT2D eigenvalue weighted by atomic mass is 9.84. The number of alkyl carbamates (subject to hydrolysis) is 2. The summed E-state index contributed by atoms with van der Waals surface area (Å²) in [6, 6.07) is 6.07. The predicted octanol–water partition coefficient (Wildman–Crippen LogP) is 6.57. The van der Waals surface area contributed by atoms with Crippen molar-refractivity contribution < 1.29 is 47.8 Å². The van der Waals surface area contributed by atoms with Gasteiger partial charge in [0.05, 0.1) is 18.6 Å². The number of nitrogens with zero attached hydrogens (tertiary/aromatic N) is 1. The van der Waals surface area contributed by atoms with E-state index in [2.05, 4.69) is 26.6 Å². The minimum atomic E-state index is -1.04. The molecule has 1 saturated heterocycles. The second-order valence-corrected chi connectivity index (χ2v) is 20.0. The van der Waals surface area contributed by atoms with Gasteiger partial charge in [0.2, 0.25) is 23.6 Å². The van der Waals surface area contributed by atoms with E-state index in [-0.39, 0.29) is 54.9 Å². The maximum Gasteiger partial charge on any atom is 0.408 e. The molecule has 3 rings (SSSR count). The van der Waals surface area contributed by atoms with E-state index in [1.54, 1.807) is 74.1 Å². The van der Waals surface area contributed by atoms with E-state index < -0.39 is 65.6 Å². The molecule has 0 saturated carbocycles. The standard InChI is InChI=1S/C52H78N6O10/c1-31(2)29-39(55-51(66)68-52(10,11)12)25-24-38(30-37-19-14-13-15-20-37)49(64)58-27-17-23-42(58)47(62)57-43(32(3)4)48(63)56-41(46(61)54-33(5)6)22-16-26-53-50(65)67-28-18-21-40-36(9)44(59)34(7)35(8)45(40)60/h13-15,19-20,24-25,31-33,38-39,41-43H,16-18,21-23,26-30H2,1-12H3,(H,53,65)(H,54,61)(H,55,66)(H,56,63)(H,57,62)/b25-24+/t38-,39-,41+,42+,43+/m1/s1. The molecule has 1 aliphatic carbocycles. The molecule has 1 aromatic rings. The molecule has 376 valence electrons. The number of Topliss-reactive ketones (excluding diaryl/α,β-unsaturated/α-hetero) is 2. The Morgan fingerprint density at radius 2 is 1.46 bits per heavy atom. The van der Waals surface area contributed by atoms with Crippen LogP contribution in [0.3, 0.4) is 0 Å². The van der Waals surface area contributed by atoms with Crippen LogP contribution < -0.4 is 26.6 Å². The highest BCUT2D eigenvalue weighted by Gasteiger charge is 2.39. The maximum atomic E-state index is 14.5. The zero-order valence-electron chi connectivity index (χ0n) is 42.5. The van der Waals surface area contributed by atoms with Gasteiger partial charge in [0.15, 0.2) is 11.6 Å². The van der Waals surface area contributed by atoms with Crippen molar-refractivity contribution in [1.82, 2.24) is 31.5 Å². The van der Waals surface area contributed by atoms with Crippen LogP contribution in [0.2, 0.25) is 0 Å². The molecule has 1 fully saturated rings. The fourth-order valence-corrected chi connectivity index (χ4v) is 8.16. The predicted molar refractivity (Wildman–Crippen MR) is 261 cm³/mol. The topological polar surface area (TPSA) is 218 Å².